The molecule has 2 N–H and O–H groups in total. The lowest BCUT2D eigenvalue weighted by atomic mass is 9.86. The Hall–Kier alpha value is -1.96. The highest BCUT2D eigenvalue weighted by atomic mass is 16.5. The van der Waals surface area contributed by atoms with Crippen molar-refractivity contribution in [1.29, 1.82) is 0 Å². The average molecular weight is 269 g/mol. The van der Waals surface area contributed by atoms with Crippen LogP contribution in [-0.4, -0.2) is 6.61 Å². The molecule has 0 amide bonds. The maximum Gasteiger partial charge on any atom is 0.121 e. The molecule has 2 aromatic rings. The van der Waals surface area contributed by atoms with Crippen LogP contribution >= 0.6 is 0 Å². The molecule has 0 unspecified atom stereocenters. The van der Waals surface area contributed by atoms with Gasteiger partial charge in [-0.1, -0.05) is 51.1 Å². The standard InChI is InChI=1S/C18H23NO/c1-18(2,3)15-9-7-14(8-10-15)11-12-20-17-6-4-5-16(19)13-17/h4-10,13H,11-12,19H2,1-3H3. The van der Waals surface area contributed by atoms with Crippen molar-refractivity contribution in [2.45, 2.75) is 32.6 Å². The first-order valence-electron chi connectivity index (χ1n) is 7.03. The highest BCUT2D eigenvalue weighted by molar-refractivity contribution is 5.43. The molecule has 2 aromatic carbocycles. The van der Waals surface area contributed by atoms with E-state index >= 15 is 0 Å². The second-order valence-corrected chi connectivity index (χ2v) is 6.12. The van der Waals surface area contributed by atoms with E-state index in [-0.39, 0.29) is 5.41 Å². The normalized spacial score (nSPS) is 11.3. The summed E-state index contributed by atoms with van der Waals surface area (Å²) in [5, 5.41) is 0. The van der Waals surface area contributed by atoms with Gasteiger partial charge in [0.15, 0.2) is 0 Å². The van der Waals surface area contributed by atoms with Gasteiger partial charge in [-0.05, 0) is 28.7 Å². The van der Waals surface area contributed by atoms with Crippen LogP contribution in [0.1, 0.15) is 31.9 Å². The summed E-state index contributed by atoms with van der Waals surface area (Å²) in [5.41, 5.74) is 9.31. The number of benzene rings is 2. The van der Waals surface area contributed by atoms with Crippen molar-refractivity contribution < 1.29 is 4.74 Å². The van der Waals surface area contributed by atoms with Gasteiger partial charge in [0.1, 0.15) is 5.75 Å². The summed E-state index contributed by atoms with van der Waals surface area (Å²) in [6.07, 6.45) is 0.902. The first-order chi connectivity index (χ1) is 9.45. The quantitative estimate of drug-likeness (QED) is 0.845. The van der Waals surface area contributed by atoms with Crippen LogP contribution in [0.4, 0.5) is 5.69 Å². The zero-order valence-corrected chi connectivity index (χ0v) is 12.5. The Morgan fingerprint density at radius 1 is 1.00 bits per heavy atom. The summed E-state index contributed by atoms with van der Waals surface area (Å²) in [6.45, 7) is 7.35. The number of hydrogen-bond acceptors (Lipinski definition) is 2. The second-order valence-electron chi connectivity index (χ2n) is 6.12. The van der Waals surface area contributed by atoms with Gasteiger partial charge in [-0.2, -0.15) is 0 Å². The Bertz CT molecular complexity index is 552. The number of rotatable bonds is 4. The summed E-state index contributed by atoms with van der Waals surface area (Å²) in [5.74, 6) is 0.830. The third-order valence-corrected chi connectivity index (χ3v) is 3.34. The summed E-state index contributed by atoms with van der Waals surface area (Å²) in [4.78, 5) is 0. The van der Waals surface area contributed by atoms with E-state index in [4.69, 9.17) is 10.5 Å². The molecule has 0 spiro atoms. The number of anilines is 1. The van der Waals surface area contributed by atoms with E-state index in [2.05, 4.69) is 45.0 Å². The van der Waals surface area contributed by atoms with Gasteiger partial charge in [0.2, 0.25) is 0 Å². The Kier molecular flexibility index (Phi) is 4.33. The molecule has 0 radical (unpaired) electrons. The molecule has 0 aromatic heterocycles. The van der Waals surface area contributed by atoms with Crippen LogP contribution < -0.4 is 10.5 Å². The fraction of sp³-hybridized carbons (Fsp3) is 0.333. The Morgan fingerprint density at radius 2 is 1.70 bits per heavy atom. The lowest BCUT2D eigenvalue weighted by Gasteiger charge is -2.19. The Labute approximate surface area is 121 Å². The lowest BCUT2D eigenvalue weighted by molar-refractivity contribution is 0.322. The average Bonchev–Trinajstić information content (AvgIpc) is 2.38. The summed E-state index contributed by atoms with van der Waals surface area (Å²) < 4.78 is 5.71. The van der Waals surface area contributed by atoms with Gasteiger partial charge >= 0.3 is 0 Å². The van der Waals surface area contributed by atoms with Crippen molar-refractivity contribution in [3.63, 3.8) is 0 Å². The number of hydrogen-bond donors (Lipinski definition) is 1. The molecule has 20 heavy (non-hydrogen) atoms. The highest BCUT2D eigenvalue weighted by Crippen LogP contribution is 2.22. The third-order valence-electron chi connectivity index (χ3n) is 3.34. The summed E-state index contributed by atoms with van der Waals surface area (Å²) in [6, 6.07) is 16.3. The van der Waals surface area contributed by atoms with Gasteiger partial charge in [-0.15, -0.1) is 0 Å². The smallest absolute Gasteiger partial charge is 0.121 e. The van der Waals surface area contributed by atoms with Gasteiger partial charge in [0, 0.05) is 18.2 Å². The molecule has 0 bridgehead atoms. The van der Waals surface area contributed by atoms with Crippen LogP contribution in [0.3, 0.4) is 0 Å². The fourth-order valence-electron chi connectivity index (χ4n) is 2.06. The lowest BCUT2D eigenvalue weighted by Crippen LogP contribution is -2.11. The van der Waals surface area contributed by atoms with Gasteiger partial charge in [-0.3, -0.25) is 0 Å². The number of ether oxygens (including phenoxy) is 1. The van der Waals surface area contributed by atoms with Crippen LogP contribution in [0, 0.1) is 0 Å². The number of nitrogen functional groups attached to an aromatic ring is 1. The first kappa shape index (κ1) is 14.4. The van der Waals surface area contributed by atoms with Crippen molar-refractivity contribution in [3.05, 3.63) is 59.7 Å². The Balaban J connectivity index is 1.88. The van der Waals surface area contributed by atoms with Crippen LogP contribution in [0.15, 0.2) is 48.5 Å². The van der Waals surface area contributed by atoms with E-state index in [1.54, 1.807) is 0 Å². The molecule has 0 saturated heterocycles. The predicted octanol–water partition coefficient (Wildman–Crippen LogP) is 4.19. The topological polar surface area (TPSA) is 35.2 Å². The van der Waals surface area contributed by atoms with Crippen molar-refractivity contribution in [1.82, 2.24) is 0 Å². The minimum Gasteiger partial charge on any atom is -0.493 e. The van der Waals surface area contributed by atoms with Crippen molar-refractivity contribution >= 4 is 5.69 Å². The first-order valence-corrected chi connectivity index (χ1v) is 7.03. The van der Waals surface area contributed by atoms with E-state index in [0.717, 1.165) is 17.9 Å². The third kappa shape index (κ3) is 4.02. The molecule has 0 fully saturated rings. The molecule has 2 heteroatoms. The minimum atomic E-state index is 0.205. The van der Waals surface area contributed by atoms with E-state index in [9.17, 15) is 0 Å². The van der Waals surface area contributed by atoms with E-state index < -0.39 is 0 Å². The van der Waals surface area contributed by atoms with Crippen LogP contribution in [0.5, 0.6) is 5.75 Å². The zero-order chi connectivity index (χ0) is 14.6. The number of nitrogens with two attached hydrogens (primary N) is 1. The maximum absolute atomic E-state index is 5.72. The van der Waals surface area contributed by atoms with E-state index in [0.29, 0.717) is 6.61 Å². The summed E-state index contributed by atoms with van der Waals surface area (Å²) in [7, 11) is 0. The van der Waals surface area contributed by atoms with Gasteiger partial charge < -0.3 is 10.5 Å². The minimum absolute atomic E-state index is 0.205. The molecule has 0 aliphatic rings. The monoisotopic (exact) mass is 269 g/mol. The Morgan fingerprint density at radius 3 is 2.30 bits per heavy atom. The van der Waals surface area contributed by atoms with Crippen LogP contribution in [0.2, 0.25) is 0 Å². The van der Waals surface area contributed by atoms with Crippen molar-refractivity contribution in [3.8, 4) is 5.75 Å². The molecule has 0 saturated carbocycles. The van der Waals surface area contributed by atoms with E-state index in [1.165, 1.54) is 11.1 Å². The van der Waals surface area contributed by atoms with Crippen LogP contribution in [-0.2, 0) is 11.8 Å². The van der Waals surface area contributed by atoms with E-state index in [1.807, 2.05) is 24.3 Å². The molecule has 0 aliphatic carbocycles. The molecule has 0 atom stereocenters. The molecule has 0 aliphatic heterocycles. The van der Waals surface area contributed by atoms with Crippen molar-refractivity contribution in [2.75, 3.05) is 12.3 Å². The molecule has 2 rings (SSSR count). The molecule has 2 nitrogen and oxygen atoms in total. The predicted molar refractivity (Wildman–Crippen MR) is 85.2 cm³/mol. The SMILES string of the molecule is CC(C)(C)c1ccc(CCOc2cccc(N)c2)cc1. The molecule has 106 valence electrons. The fourth-order valence-corrected chi connectivity index (χ4v) is 2.06. The van der Waals surface area contributed by atoms with Gasteiger partial charge in [0.25, 0.3) is 0 Å². The van der Waals surface area contributed by atoms with Gasteiger partial charge in [0.05, 0.1) is 6.61 Å². The summed E-state index contributed by atoms with van der Waals surface area (Å²) >= 11 is 0. The maximum atomic E-state index is 5.72. The highest BCUT2D eigenvalue weighted by Gasteiger charge is 2.12. The van der Waals surface area contributed by atoms with Crippen molar-refractivity contribution in [2.24, 2.45) is 0 Å². The second kappa shape index (κ2) is 6.00. The zero-order valence-electron chi connectivity index (χ0n) is 12.5. The largest absolute Gasteiger partial charge is 0.493 e. The van der Waals surface area contributed by atoms with Gasteiger partial charge in [-0.25, -0.2) is 0 Å². The molecule has 0 heterocycles. The molecular weight excluding hydrogens is 246 g/mol. The van der Waals surface area contributed by atoms with Crippen LogP contribution in [0.25, 0.3) is 0 Å². The molecular formula is C18H23NO.